The summed E-state index contributed by atoms with van der Waals surface area (Å²) >= 11 is 0. The number of benzene rings is 2. The maximum absolute atomic E-state index is 12.2. The molecule has 0 aliphatic heterocycles. The SMILES string of the molecule is CCOCc1cc(C(=O)OCC(=O)Nc2ccc(OC(F)F)cc2)ccc1OC. The van der Waals surface area contributed by atoms with E-state index in [1.54, 1.807) is 12.1 Å². The minimum absolute atomic E-state index is 0.0354. The maximum Gasteiger partial charge on any atom is 0.387 e. The molecule has 1 N–H and O–H groups in total. The third-order valence-electron chi connectivity index (χ3n) is 3.68. The van der Waals surface area contributed by atoms with Crippen molar-refractivity contribution in [2.24, 2.45) is 0 Å². The Hall–Kier alpha value is -3.20. The minimum atomic E-state index is -2.93. The van der Waals surface area contributed by atoms with Crippen LogP contribution >= 0.6 is 0 Å². The zero-order valence-electron chi connectivity index (χ0n) is 15.9. The number of hydrogen-bond acceptors (Lipinski definition) is 6. The fourth-order valence-corrected chi connectivity index (χ4v) is 2.36. The second-order valence-corrected chi connectivity index (χ2v) is 5.69. The van der Waals surface area contributed by atoms with Gasteiger partial charge >= 0.3 is 12.6 Å². The molecule has 0 heterocycles. The summed E-state index contributed by atoms with van der Waals surface area (Å²) in [4.78, 5) is 24.1. The summed E-state index contributed by atoms with van der Waals surface area (Å²) in [5.74, 6) is -0.719. The lowest BCUT2D eigenvalue weighted by Gasteiger charge is -2.11. The van der Waals surface area contributed by atoms with E-state index in [0.29, 0.717) is 23.6 Å². The van der Waals surface area contributed by atoms with Crippen LogP contribution in [-0.2, 0) is 20.9 Å². The van der Waals surface area contributed by atoms with Gasteiger partial charge < -0.3 is 24.3 Å². The molecule has 156 valence electrons. The predicted molar refractivity (Wildman–Crippen MR) is 100 cm³/mol. The highest BCUT2D eigenvalue weighted by Crippen LogP contribution is 2.21. The molecule has 29 heavy (non-hydrogen) atoms. The van der Waals surface area contributed by atoms with Crippen molar-refractivity contribution in [1.29, 1.82) is 0 Å². The van der Waals surface area contributed by atoms with Crippen molar-refractivity contribution in [3.8, 4) is 11.5 Å². The van der Waals surface area contributed by atoms with Crippen LogP contribution in [-0.4, -0.2) is 38.8 Å². The summed E-state index contributed by atoms with van der Waals surface area (Å²) in [6.45, 7) is -0.814. The number of anilines is 1. The Bertz CT molecular complexity index is 826. The van der Waals surface area contributed by atoms with E-state index in [1.807, 2.05) is 6.92 Å². The fraction of sp³-hybridized carbons (Fsp3) is 0.300. The normalized spacial score (nSPS) is 10.5. The van der Waals surface area contributed by atoms with Crippen LogP contribution in [0.1, 0.15) is 22.8 Å². The second kappa shape index (κ2) is 11.0. The standard InChI is InChI=1S/C20H21F2NO6/c1-3-27-11-14-10-13(4-9-17(14)26-2)19(25)28-12-18(24)23-15-5-7-16(8-6-15)29-20(21)22/h4-10,20H,3,11-12H2,1-2H3,(H,23,24). The zero-order chi connectivity index (χ0) is 21.2. The molecule has 0 fully saturated rings. The van der Waals surface area contributed by atoms with Crippen molar-refractivity contribution in [3.05, 3.63) is 53.6 Å². The molecule has 0 spiro atoms. The lowest BCUT2D eigenvalue weighted by atomic mass is 10.1. The highest BCUT2D eigenvalue weighted by Gasteiger charge is 2.14. The van der Waals surface area contributed by atoms with Gasteiger partial charge in [-0.25, -0.2) is 4.79 Å². The van der Waals surface area contributed by atoms with Crippen LogP contribution in [0.4, 0.5) is 14.5 Å². The number of rotatable bonds is 10. The van der Waals surface area contributed by atoms with E-state index in [4.69, 9.17) is 14.2 Å². The van der Waals surface area contributed by atoms with Crippen LogP contribution in [0.3, 0.4) is 0 Å². The van der Waals surface area contributed by atoms with Gasteiger partial charge in [-0.05, 0) is 49.4 Å². The molecule has 9 heteroatoms. The van der Waals surface area contributed by atoms with Gasteiger partial charge in [0, 0.05) is 17.9 Å². The molecule has 0 bridgehead atoms. The minimum Gasteiger partial charge on any atom is -0.496 e. The number of ether oxygens (including phenoxy) is 4. The van der Waals surface area contributed by atoms with Gasteiger partial charge in [0.15, 0.2) is 6.61 Å². The van der Waals surface area contributed by atoms with Crippen LogP contribution in [0.15, 0.2) is 42.5 Å². The molecular weight excluding hydrogens is 388 g/mol. The lowest BCUT2D eigenvalue weighted by molar-refractivity contribution is -0.119. The number of carbonyl (C=O) groups is 2. The quantitative estimate of drug-likeness (QED) is 0.604. The molecule has 0 unspecified atom stereocenters. The van der Waals surface area contributed by atoms with Crippen LogP contribution in [0.2, 0.25) is 0 Å². The Kier molecular flexibility index (Phi) is 8.35. The van der Waals surface area contributed by atoms with Gasteiger partial charge in [-0.2, -0.15) is 8.78 Å². The first-order valence-electron chi connectivity index (χ1n) is 8.69. The number of alkyl halides is 2. The summed E-state index contributed by atoms with van der Waals surface area (Å²) in [6.07, 6.45) is 0. The molecule has 2 rings (SSSR count). The van der Waals surface area contributed by atoms with Gasteiger partial charge in [0.25, 0.3) is 5.91 Å². The first-order chi connectivity index (χ1) is 13.9. The molecular formula is C20H21F2NO6. The highest BCUT2D eigenvalue weighted by atomic mass is 19.3. The van der Waals surface area contributed by atoms with Gasteiger partial charge in [0.1, 0.15) is 11.5 Å². The van der Waals surface area contributed by atoms with Gasteiger partial charge in [-0.15, -0.1) is 0 Å². The molecule has 0 aromatic heterocycles. The van der Waals surface area contributed by atoms with Crippen molar-refractivity contribution in [1.82, 2.24) is 0 Å². The second-order valence-electron chi connectivity index (χ2n) is 5.69. The van der Waals surface area contributed by atoms with Crippen molar-refractivity contribution in [2.75, 3.05) is 25.6 Å². The number of carbonyl (C=O) groups excluding carboxylic acids is 2. The largest absolute Gasteiger partial charge is 0.496 e. The molecule has 0 radical (unpaired) electrons. The topological polar surface area (TPSA) is 83.1 Å². The average Bonchev–Trinajstić information content (AvgIpc) is 2.71. The maximum atomic E-state index is 12.2. The summed E-state index contributed by atoms with van der Waals surface area (Å²) < 4.78 is 44.0. The monoisotopic (exact) mass is 409 g/mol. The predicted octanol–water partition coefficient (Wildman–Crippen LogP) is 3.63. The Balaban J connectivity index is 1.90. The Morgan fingerprint density at radius 2 is 1.83 bits per heavy atom. The molecule has 0 aliphatic rings. The Morgan fingerprint density at radius 3 is 2.45 bits per heavy atom. The van der Waals surface area contributed by atoms with E-state index in [2.05, 4.69) is 10.1 Å². The van der Waals surface area contributed by atoms with Gasteiger partial charge in [0.05, 0.1) is 19.3 Å². The average molecular weight is 409 g/mol. The highest BCUT2D eigenvalue weighted by molar-refractivity contribution is 5.95. The molecule has 2 aromatic rings. The number of esters is 1. The van der Waals surface area contributed by atoms with E-state index >= 15 is 0 Å². The number of nitrogens with one attached hydrogen (secondary N) is 1. The number of amides is 1. The fourth-order valence-electron chi connectivity index (χ4n) is 2.36. The molecule has 7 nitrogen and oxygen atoms in total. The van der Waals surface area contributed by atoms with Crippen LogP contribution in [0.25, 0.3) is 0 Å². The van der Waals surface area contributed by atoms with Crippen LogP contribution in [0.5, 0.6) is 11.5 Å². The summed E-state index contributed by atoms with van der Waals surface area (Å²) in [5.41, 5.74) is 1.28. The summed E-state index contributed by atoms with van der Waals surface area (Å²) in [5, 5.41) is 2.49. The van der Waals surface area contributed by atoms with Crippen molar-refractivity contribution >= 4 is 17.6 Å². The number of halogens is 2. The molecule has 0 atom stereocenters. The summed E-state index contributed by atoms with van der Waals surface area (Å²) in [7, 11) is 1.51. The van der Waals surface area contributed by atoms with Crippen molar-refractivity contribution in [2.45, 2.75) is 20.1 Å². The van der Waals surface area contributed by atoms with Gasteiger partial charge in [-0.1, -0.05) is 0 Å². The zero-order valence-corrected chi connectivity index (χ0v) is 15.9. The number of hydrogen-bond donors (Lipinski definition) is 1. The molecule has 2 aromatic carbocycles. The van der Waals surface area contributed by atoms with Gasteiger partial charge in [-0.3, -0.25) is 4.79 Å². The first kappa shape index (κ1) is 22.1. The van der Waals surface area contributed by atoms with E-state index in [1.165, 1.54) is 37.4 Å². The van der Waals surface area contributed by atoms with E-state index in [0.717, 1.165) is 0 Å². The van der Waals surface area contributed by atoms with E-state index in [9.17, 15) is 18.4 Å². The van der Waals surface area contributed by atoms with E-state index < -0.39 is 25.1 Å². The number of methoxy groups -OCH3 is 1. The van der Waals surface area contributed by atoms with Crippen LogP contribution in [0, 0.1) is 0 Å². The van der Waals surface area contributed by atoms with Crippen molar-refractivity contribution < 1.29 is 37.3 Å². The summed E-state index contributed by atoms with van der Waals surface area (Å²) in [6, 6.07) is 10.1. The van der Waals surface area contributed by atoms with Crippen LogP contribution < -0.4 is 14.8 Å². The van der Waals surface area contributed by atoms with E-state index in [-0.39, 0.29) is 17.9 Å². The molecule has 1 amide bonds. The third kappa shape index (κ3) is 7.04. The molecule has 0 saturated carbocycles. The first-order valence-corrected chi connectivity index (χ1v) is 8.69. The Labute approximate surface area is 166 Å². The van der Waals surface area contributed by atoms with Gasteiger partial charge in [0.2, 0.25) is 0 Å². The third-order valence-corrected chi connectivity index (χ3v) is 3.68. The molecule has 0 saturated heterocycles. The lowest BCUT2D eigenvalue weighted by Crippen LogP contribution is -2.21. The van der Waals surface area contributed by atoms with Crippen molar-refractivity contribution in [3.63, 3.8) is 0 Å². The smallest absolute Gasteiger partial charge is 0.387 e. The molecule has 0 aliphatic carbocycles. The Morgan fingerprint density at radius 1 is 1.10 bits per heavy atom.